The number of alkyl carbamates (subject to hydrolysis) is 1. The molecule has 1 rings (SSSR count). The molecular weight excluding hydrogens is 350 g/mol. The summed E-state index contributed by atoms with van der Waals surface area (Å²) >= 11 is 0. The Morgan fingerprint density at radius 1 is 1.07 bits per heavy atom. The Balaban J connectivity index is 2.59. The molecule has 0 saturated carbocycles. The Labute approximate surface area is 159 Å². The van der Waals surface area contributed by atoms with Crippen LogP contribution in [0, 0.1) is 0 Å². The molecule has 8 heteroatoms. The monoisotopic (exact) mass is 379 g/mol. The minimum atomic E-state index is -0.823. The van der Waals surface area contributed by atoms with Crippen molar-refractivity contribution in [2.45, 2.75) is 51.8 Å². The smallest absolute Gasteiger partial charge is 0.408 e. The maximum atomic E-state index is 12.4. The molecular formula is C19H29N3O5. The molecule has 8 nitrogen and oxygen atoms in total. The largest absolute Gasteiger partial charge is 0.464 e. The van der Waals surface area contributed by atoms with E-state index in [1.165, 1.54) is 6.92 Å². The molecule has 150 valence electrons. The molecule has 2 atom stereocenters. The summed E-state index contributed by atoms with van der Waals surface area (Å²) in [7, 11) is 0. The summed E-state index contributed by atoms with van der Waals surface area (Å²) in [6, 6.07) is 7.59. The summed E-state index contributed by atoms with van der Waals surface area (Å²) < 4.78 is 10.0. The van der Waals surface area contributed by atoms with E-state index in [0.717, 1.165) is 12.0 Å². The predicted octanol–water partition coefficient (Wildman–Crippen LogP) is 1.48. The second kappa shape index (κ2) is 12.7. The Morgan fingerprint density at radius 3 is 2.41 bits per heavy atom. The van der Waals surface area contributed by atoms with Crippen LogP contribution in [0.5, 0.6) is 0 Å². The van der Waals surface area contributed by atoms with Gasteiger partial charge in [-0.05, 0) is 45.2 Å². The van der Waals surface area contributed by atoms with Gasteiger partial charge < -0.3 is 25.8 Å². The number of nitrogens with two attached hydrogens (primary N) is 1. The lowest BCUT2D eigenvalue weighted by molar-refractivity contribution is -0.147. The van der Waals surface area contributed by atoms with E-state index in [0.29, 0.717) is 19.4 Å². The van der Waals surface area contributed by atoms with Gasteiger partial charge >= 0.3 is 12.1 Å². The first kappa shape index (κ1) is 22.4. The highest BCUT2D eigenvalue weighted by atomic mass is 16.5. The molecule has 2 amide bonds. The second-order valence-electron chi connectivity index (χ2n) is 6.03. The minimum Gasteiger partial charge on any atom is -0.464 e. The molecule has 0 aliphatic heterocycles. The van der Waals surface area contributed by atoms with Crippen molar-refractivity contribution in [2.24, 2.45) is 5.73 Å². The topological polar surface area (TPSA) is 120 Å². The van der Waals surface area contributed by atoms with E-state index in [-0.39, 0.29) is 13.2 Å². The third-order valence-corrected chi connectivity index (χ3v) is 3.77. The van der Waals surface area contributed by atoms with Crippen molar-refractivity contribution < 1.29 is 23.9 Å². The van der Waals surface area contributed by atoms with Crippen LogP contribution in [0.3, 0.4) is 0 Å². The van der Waals surface area contributed by atoms with Gasteiger partial charge in [-0.3, -0.25) is 4.79 Å². The average Bonchev–Trinajstić information content (AvgIpc) is 2.66. The SMILES string of the molecule is CCOC(=O)[C@H](C)NC(=O)[C@H](CCCCN)NC(=O)OCc1ccccc1. The number of rotatable bonds is 11. The van der Waals surface area contributed by atoms with Crippen LogP contribution >= 0.6 is 0 Å². The maximum Gasteiger partial charge on any atom is 0.408 e. The molecule has 0 radical (unpaired) electrons. The van der Waals surface area contributed by atoms with Crippen molar-refractivity contribution >= 4 is 18.0 Å². The van der Waals surface area contributed by atoms with E-state index in [1.807, 2.05) is 30.3 Å². The molecule has 0 unspecified atom stereocenters. The van der Waals surface area contributed by atoms with E-state index in [9.17, 15) is 14.4 Å². The predicted molar refractivity (Wildman–Crippen MR) is 101 cm³/mol. The Morgan fingerprint density at radius 2 is 1.78 bits per heavy atom. The number of esters is 1. The average molecular weight is 379 g/mol. The first-order valence-electron chi connectivity index (χ1n) is 9.12. The van der Waals surface area contributed by atoms with Gasteiger partial charge in [-0.25, -0.2) is 9.59 Å². The van der Waals surface area contributed by atoms with Crippen LogP contribution in [0.1, 0.15) is 38.7 Å². The van der Waals surface area contributed by atoms with Gasteiger partial charge in [0.25, 0.3) is 0 Å². The van der Waals surface area contributed by atoms with E-state index in [4.69, 9.17) is 15.2 Å². The van der Waals surface area contributed by atoms with Gasteiger partial charge in [0, 0.05) is 0 Å². The lowest BCUT2D eigenvalue weighted by Gasteiger charge is -2.20. The van der Waals surface area contributed by atoms with Crippen molar-refractivity contribution in [3.8, 4) is 0 Å². The Kier molecular flexibility index (Phi) is 10.5. The van der Waals surface area contributed by atoms with Crippen LogP contribution < -0.4 is 16.4 Å². The summed E-state index contributed by atoms with van der Waals surface area (Å²) in [5, 5.41) is 5.11. The highest BCUT2D eigenvalue weighted by Gasteiger charge is 2.25. The van der Waals surface area contributed by atoms with Gasteiger partial charge in [0.1, 0.15) is 18.7 Å². The van der Waals surface area contributed by atoms with Gasteiger partial charge in [0.05, 0.1) is 6.61 Å². The fourth-order valence-electron chi connectivity index (χ4n) is 2.31. The highest BCUT2D eigenvalue weighted by molar-refractivity contribution is 5.89. The third kappa shape index (κ3) is 9.05. The fourth-order valence-corrected chi connectivity index (χ4v) is 2.31. The molecule has 0 saturated heterocycles. The molecule has 0 fully saturated rings. The number of hydrogen-bond donors (Lipinski definition) is 3. The summed E-state index contributed by atoms with van der Waals surface area (Å²) in [5.41, 5.74) is 6.32. The van der Waals surface area contributed by atoms with Crippen LogP contribution in [0.4, 0.5) is 4.79 Å². The fraction of sp³-hybridized carbons (Fsp3) is 0.526. The van der Waals surface area contributed by atoms with Crippen molar-refractivity contribution in [1.29, 1.82) is 0 Å². The number of ether oxygens (including phenoxy) is 2. The molecule has 0 heterocycles. The van der Waals surface area contributed by atoms with Gasteiger partial charge in [-0.15, -0.1) is 0 Å². The van der Waals surface area contributed by atoms with Crippen molar-refractivity contribution in [2.75, 3.05) is 13.2 Å². The molecule has 0 aliphatic rings. The first-order chi connectivity index (χ1) is 13.0. The number of hydrogen-bond acceptors (Lipinski definition) is 6. The van der Waals surface area contributed by atoms with Crippen LogP contribution in [-0.4, -0.2) is 43.2 Å². The Hall–Kier alpha value is -2.61. The van der Waals surface area contributed by atoms with Crippen LogP contribution in [0.25, 0.3) is 0 Å². The van der Waals surface area contributed by atoms with Gasteiger partial charge in [-0.2, -0.15) is 0 Å². The molecule has 0 aliphatic carbocycles. The molecule has 0 spiro atoms. The number of amides is 2. The van der Waals surface area contributed by atoms with E-state index in [1.54, 1.807) is 6.92 Å². The minimum absolute atomic E-state index is 0.100. The van der Waals surface area contributed by atoms with Crippen molar-refractivity contribution in [3.05, 3.63) is 35.9 Å². The molecule has 1 aromatic carbocycles. The number of nitrogens with one attached hydrogen (secondary N) is 2. The normalized spacial score (nSPS) is 12.6. The van der Waals surface area contributed by atoms with E-state index in [2.05, 4.69) is 10.6 Å². The van der Waals surface area contributed by atoms with Crippen molar-refractivity contribution in [3.63, 3.8) is 0 Å². The lowest BCUT2D eigenvalue weighted by Crippen LogP contribution is -2.51. The maximum absolute atomic E-state index is 12.4. The van der Waals surface area contributed by atoms with Crippen molar-refractivity contribution in [1.82, 2.24) is 10.6 Å². The third-order valence-electron chi connectivity index (χ3n) is 3.77. The number of benzene rings is 1. The second-order valence-corrected chi connectivity index (χ2v) is 6.03. The molecule has 4 N–H and O–H groups in total. The first-order valence-corrected chi connectivity index (χ1v) is 9.12. The molecule has 27 heavy (non-hydrogen) atoms. The standard InChI is InChI=1S/C19H29N3O5/c1-3-26-18(24)14(2)21-17(23)16(11-7-8-12-20)22-19(25)27-13-15-9-5-4-6-10-15/h4-6,9-10,14,16H,3,7-8,11-13,20H2,1-2H3,(H,21,23)(H,22,25)/t14-,16-/m0/s1. The Bertz CT molecular complexity index is 594. The molecule has 0 bridgehead atoms. The zero-order valence-electron chi connectivity index (χ0n) is 15.9. The van der Waals surface area contributed by atoms with Gasteiger partial charge in [0.15, 0.2) is 0 Å². The number of carbonyl (C=O) groups is 3. The summed E-state index contributed by atoms with van der Waals surface area (Å²) in [4.78, 5) is 36.2. The number of carbonyl (C=O) groups excluding carboxylic acids is 3. The lowest BCUT2D eigenvalue weighted by atomic mass is 10.1. The summed E-state index contributed by atoms with van der Waals surface area (Å²) in [6.45, 7) is 4.03. The zero-order chi connectivity index (χ0) is 20.1. The van der Waals surface area contributed by atoms with Crippen LogP contribution in [-0.2, 0) is 25.7 Å². The zero-order valence-corrected chi connectivity index (χ0v) is 15.9. The molecule has 1 aromatic rings. The summed E-state index contributed by atoms with van der Waals surface area (Å²) in [5.74, 6) is -0.998. The summed E-state index contributed by atoms with van der Waals surface area (Å²) in [6.07, 6.45) is 1.06. The van der Waals surface area contributed by atoms with E-state index < -0.39 is 30.1 Å². The van der Waals surface area contributed by atoms with Crippen LogP contribution in [0.2, 0.25) is 0 Å². The highest BCUT2D eigenvalue weighted by Crippen LogP contribution is 2.04. The number of unbranched alkanes of at least 4 members (excludes halogenated alkanes) is 1. The molecule has 0 aromatic heterocycles. The quantitative estimate of drug-likeness (QED) is 0.396. The van der Waals surface area contributed by atoms with Gasteiger partial charge in [-0.1, -0.05) is 30.3 Å². The van der Waals surface area contributed by atoms with Crippen LogP contribution in [0.15, 0.2) is 30.3 Å². The van der Waals surface area contributed by atoms with Gasteiger partial charge in [0.2, 0.25) is 5.91 Å². The van der Waals surface area contributed by atoms with E-state index >= 15 is 0 Å².